The predicted octanol–water partition coefficient (Wildman–Crippen LogP) is 0.684. The molecule has 22 heavy (non-hydrogen) atoms. The topological polar surface area (TPSA) is 142 Å². The molecular weight excluding hydrogens is 311 g/mol. The van der Waals surface area contributed by atoms with Crippen molar-refractivity contribution in [2.75, 3.05) is 6.54 Å². The molecule has 0 unspecified atom stereocenters. The molecule has 11 heteroatoms. The van der Waals surface area contributed by atoms with E-state index in [1.54, 1.807) is 0 Å². The van der Waals surface area contributed by atoms with Crippen LogP contribution in [0.5, 0.6) is 0 Å². The minimum Gasteiger partial charge on any atom is -0.481 e. The molecule has 128 valence electrons. The van der Waals surface area contributed by atoms with Gasteiger partial charge in [-0.1, -0.05) is 0 Å². The Labute approximate surface area is 123 Å². The molecule has 2 amide bonds. The smallest absolute Gasteiger partial charge is 0.481 e. The van der Waals surface area contributed by atoms with Crippen molar-refractivity contribution in [2.45, 2.75) is 31.9 Å². The summed E-state index contributed by atoms with van der Waals surface area (Å²) in [5.41, 5.74) is 1.99. The number of urea groups is 1. The van der Waals surface area contributed by atoms with Gasteiger partial charge in [-0.05, 0) is 31.6 Å². The van der Waals surface area contributed by atoms with Gasteiger partial charge in [0, 0.05) is 6.54 Å². The van der Waals surface area contributed by atoms with Crippen LogP contribution in [-0.2, 0) is 9.59 Å². The maximum Gasteiger partial charge on any atom is 0.490 e. The van der Waals surface area contributed by atoms with Crippen molar-refractivity contribution >= 4 is 18.0 Å². The van der Waals surface area contributed by atoms with Gasteiger partial charge in [-0.3, -0.25) is 10.2 Å². The summed E-state index contributed by atoms with van der Waals surface area (Å²) in [6.07, 6.45) is -1.98. The fourth-order valence-electron chi connectivity index (χ4n) is 1.90. The number of hydrogen-bond donors (Lipinski definition) is 5. The van der Waals surface area contributed by atoms with Crippen LogP contribution in [0.15, 0.2) is 0 Å². The van der Waals surface area contributed by atoms with Crippen molar-refractivity contribution in [1.82, 2.24) is 10.7 Å². The van der Waals surface area contributed by atoms with Gasteiger partial charge in [0.15, 0.2) is 0 Å². The van der Waals surface area contributed by atoms with Crippen LogP contribution in [0.3, 0.4) is 0 Å². The second kappa shape index (κ2) is 9.07. The van der Waals surface area contributed by atoms with Crippen molar-refractivity contribution in [3.8, 4) is 0 Å². The van der Waals surface area contributed by atoms with Crippen molar-refractivity contribution in [1.29, 1.82) is 0 Å². The molecule has 6 N–H and O–H groups in total. The number of carboxylic acid groups (broad SMARTS) is 2. The first-order valence-electron chi connectivity index (χ1n) is 6.35. The molecule has 0 aromatic heterocycles. The molecule has 1 aliphatic carbocycles. The van der Waals surface area contributed by atoms with Crippen LogP contribution < -0.4 is 16.6 Å². The fourth-order valence-corrected chi connectivity index (χ4v) is 1.90. The molecule has 0 atom stereocenters. The normalized spacial score (nSPS) is 21.1. The number of carboxylic acids is 2. The first-order valence-corrected chi connectivity index (χ1v) is 6.35. The number of aliphatic carboxylic acids is 2. The number of hydrazine groups is 1. The minimum atomic E-state index is -5.08. The number of nitrogens with two attached hydrogens (primary N) is 1. The van der Waals surface area contributed by atoms with Gasteiger partial charge >= 0.3 is 24.1 Å². The average molecular weight is 329 g/mol. The molecule has 0 aromatic carbocycles. The van der Waals surface area contributed by atoms with Crippen LogP contribution in [0, 0.1) is 11.8 Å². The van der Waals surface area contributed by atoms with E-state index in [4.69, 9.17) is 20.9 Å². The number of halogens is 3. The lowest BCUT2D eigenvalue weighted by atomic mass is 9.82. The highest BCUT2D eigenvalue weighted by molar-refractivity contribution is 5.73. The Hall–Kier alpha value is -2.04. The predicted molar refractivity (Wildman–Crippen MR) is 67.5 cm³/mol. The van der Waals surface area contributed by atoms with Gasteiger partial charge in [-0.15, -0.1) is 0 Å². The quantitative estimate of drug-likeness (QED) is 0.293. The van der Waals surface area contributed by atoms with E-state index >= 15 is 0 Å². The van der Waals surface area contributed by atoms with E-state index in [9.17, 15) is 22.8 Å². The molecule has 0 bridgehead atoms. The molecule has 1 aliphatic rings. The van der Waals surface area contributed by atoms with Crippen LogP contribution in [0.1, 0.15) is 25.7 Å². The molecule has 1 fully saturated rings. The van der Waals surface area contributed by atoms with E-state index in [-0.39, 0.29) is 5.92 Å². The third-order valence-corrected chi connectivity index (χ3v) is 3.12. The molecule has 0 aliphatic heterocycles. The number of carbonyl (C=O) groups excluding carboxylic acids is 1. The van der Waals surface area contributed by atoms with Gasteiger partial charge in [0.05, 0.1) is 5.92 Å². The monoisotopic (exact) mass is 329 g/mol. The number of nitrogens with one attached hydrogen (secondary N) is 2. The Morgan fingerprint density at radius 2 is 1.55 bits per heavy atom. The van der Waals surface area contributed by atoms with Crippen molar-refractivity contribution < 1.29 is 37.8 Å². The van der Waals surface area contributed by atoms with Gasteiger partial charge in [0.2, 0.25) is 0 Å². The number of rotatable bonds is 3. The minimum absolute atomic E-state index is 0.204. The maximum absolute atomic E-state index is 10.8. The first-order chi connectivity index (χ1) is 10.1. The van der Waals surface area contributed by atoms with E-state index in [1.807, 2.05) is 5.43 Å². The van der Waals surface area contributed by atoms with E-state index in [2.05, 4.69) is 5.32 Å². The number of amides is 2. The lowest BCUT2D eigenvalue weighted by Gasteiger charge is -2.25. The maximum atomic E-state index is 10.8. The average Bonchev–Trinajstić information content (AvgIpc) is 2.44. The third kappa shape index (κ3) is 8.29. The molecule has 0 spiro atoms. The SMILES string of the molecule is NNC(=O)NC[C@H]1CC[C@H](C(=O)O)CC1.O=C(O)C(F)(F)F. The zero-order chi connectivity index (χ0) is 17.3. The Morgan fingerprint density at radius 3 is 1.86 bits per heavy atom. The summed E-state index contributed by atoms with van der Waals surface area (Å²) in [7, 11) is 0. The molecule has 1 rings (SSSR count). The van der Waals surface area contributed by atoms with Crippen molar-refractivity contribution in [3.05, 3.63) is 0 Å². The Morgan fingerprint density at radius 1 is 1.09 bits per heavy atom. The van der Waals surface area contributed by atoms with Crippen LogP contribution in [0.2, 0.25) is 0 Å². The highest BCUT2D eigenvalue weighted by Crippen LogP contribution is 2.28. The molecule has 8 nitrogen and oxygen atoms in total. The number of hydrogen-bond acceptors (Lipinski definition) is 4. The number of carbonyl (C=O) groups is 3. The van der Waals surface area contributed by atoms with E-state index < -0.39 is 24.1 Å². The van der Waals surface area contributed by atoms with E-state index in [0.717, 1.165) is 12.8 Å². The fraction of sp³-hybridized carbons (Fsp3) is 0.727. The number of alkyl halides is 3. The Balaban J connectivity index is 0.000000534. The summed E-state index contributed by atoms with van der Waals surface area (Å²) >= 11 is 0. The summed E-state index contributed by atoms with van der Waals surface area (Å²) < 4.78 is 31.7. The highest BCUT2D eigenvalue weighted by Gasteiger charge is 2.38. The van der Waals surface area contributed by atoms with Crippen LogP contribution in [-0.4, -0.2) is 40.9 Å². The summed E-state index contributed by atoms with van der Waals surface area (Å²) in [6.45, 7) is 0.565. The van der Waals surface area contributed by atoms with Gasteiger partial charge in [0.1, 0.15) is 0 Å². The molecule has 1 saturated carbocycles. The zero-order valence-electron chi connectivity index (χ0n) is 11.5. The molecule has 0 heterocycles. The molecule has 0 radical (unpaired) electrons. The molecular formula is C11H18F3N3O5. The largest absolute Gasteiger partial charge is 0.490 e. The van der Waals surface area contributed by atoms with E-state index in [0.29, 0.717) is 25.3 Å². The lowest BCUT2D eigenvalue weighted by Crippen LogP contribution is -2.42. The van der Waals surface area contributed by atoms with Crippen LogP contribution in [0.25, 0.3) is 0 Å². The summed E-state index contributed by atoms with van der Waals surface area (Å²) in [4.78, 5) is 30.4. The lowest BCUT2D eigenvalue weighted by molar-refractivity contribution is -0.192. The Bertz CT molecular complexity index is 395. The van der Waals surface area contributed by atoms with Gasteiger partial charge < -0.3 is 15.5 Å². The summed E-state index contributed by atoms with van der Waals surface area (Å²) in [5.74, 6) is 1.61. The zero-order valence-corrected chi connectivity index (χ0v) is 11.5. The van der Waals surface area contributed by atoms with Crippen LogP contribution in [0.4, 0.5) is 18.0 Å². The van der Waals surface area contributed by atoms with Gasteiger partial charge in [0.25, 0.3) is 0 Å². The third-order valence-electron chi connectivity index (χ3n) is 3.12. The molecule has 0 saturated heterocycles. The van der Waals surface area contributed by atoms with Crippen LogP contribution >= 0.6 is 0 Å². The second-order valence-electron chi connectivity index (χ2n) is 4.71. The van der Waals surface area contributed by atoms with Gasteiger partial charge in [-0.2, -0.15) is 13.2 Å². The Kier molecular flexibility index (Phi) is 8.23. The van der Waals surface area contributed by atoms with Gasteiger partial charge in [-0.25, -0.2) is 15.4 Å². The van der Waals surface area contributed by atoms with E-state index in [1.165, 1.54) is 0 Å². The second-order valence-corrected chi connectivity index (χ2v) is 4.71. The molecule has 0 aromatic rings. The summed E-state index contributed by atoms with van der Waals surface area (Å²) in [5, 5.41) is 18.5. The summed E-state index contributed by atoms with van der Waals surface area (Å²) in [6, 6.07) is -0.393. The van der Waals surface area contributed by atoms with Crippen molar-refractivity contribution in [3.63, 3.8) is 0 Å². The first kappa shape index (κ1) is 20.0. The highest BCUT2D eigenvalue weighted by atomic mass is 19.4. The van der Waals surface area contributed by atoms with Crippen molar-refractivity contribution in [2.24, 2.45) is 17.7 Å². The standard InChI is InChI=1S/C9H17N3O3.C2HF3O2/c10-12-9(15)11-5-6-1-3-7(4-2-6)8(13)14;3-2(4,5)1(6)7/h6-7H,1-5,10H2,(H,13,14)(H2,11,12,15);(H,6,7)/t6-,7-;.